The SMILES string of the molecule is CC1CC1C(=O)NCCC(=O)Nc1cc(C(=O)O)[nH]n1. The first-order valence-corrected chi connectivity index (χ1v) is 6.33. The predicted molar refractivity (Wildman–Crippen MR) is 69.1 cm³/mol. The summed E-state index contributed by atoms with van der Waals surface area (Å²) in [5, 5.41) is 19.7. The van der Waals surface area contributed by atoms with E-state index in [-0.39, 0.29) is 42.2 Å². The molecule has 0 radical (unpaired) electrons. The fourth-order valence-corrected chi connectivity index (χ4v) is 1.82. The van der Waals surface area contributed by atoms with Crippen molar-refractivity contribution in [2.75, 3.05) is 11.9 Å². The third-order valence-electron chi connectivity index (χ3n) is 3.17. The van der Waals surface area contributed by atoms with Gasteiger partial charge in [0.2, 0.25) is 11.8 Å². The van der Waals surface area contributed by atoms with Crippen molar-refractivity contribution in [3.05, 3.63) is 11.8 Å². The van der Waals surface area contributed by atoms with Crippen LogP contribution in [0.2, 0.25) is 0 Å². The Morgan fingerprint density at radius 1 is 1.50 bits per heavy atom. The molecule has 2 rings (SSSR count). The van der Waals surface area contributed by atoms with E-state index in [1.807, 2.05) is 6.92 Å². The number of nitrogens with zero attached hydrogens (tertiary/aromatic N) is 1. The van der Waals surface area contributed by atoms with Gasteiger partial charge in [-0.1, -0.05) is 6.92 Å². The van der Waals surface area contributed by atoms with E-state index in [1.54, 1.807) is 0 Å². The highest BCUT2D eigenvalue weighted by Gasteiger charge is 2.38. The number of carboxylic acids is 1. The third kappa shape index (κ3) is 3.56. The first-order chi connectivity index (χ1) is 9.47. The van der Waals surface area contributed by atoms with Crippen LogP contribution in [0, 0.1) is 11.8 Å². The van der Waals surface area contributed by atoms with Gasteiger partial charge in [0.15, 0.2) is 5.82 Å². The number of aromatic carboxylic acids is 1. The van der Waals surface area contributed by atoms with E-state index in [4.69, 9.17) is 5.11 Å². The van der Waals surface area contributed by atoms with Crippen LogP contribution in [0.5, 0.6) is 0 Å². The van der Waals surface area contributed by atoms with Crippen molar-refractivity contribution in [1.29, 1.82) is 0 Å². The van der Waals surface area contributed by atoms with Gasteiger partial charge in [-0.15, -0.1) is 0 Å². The molecule has 0 aliphatic heterocycles. The van der Waals surface area contributed by atoms with Gasteiger partial charge in [-0.2, -0.15) is 5.10 Å². The molecule has 0 aromatic carbocycles. The molecule has 4 N–H and O–H groups in total. The second-order valence-electron chi connectivity index (χ2n) is 4.88. The Labute approximate surface area is 114 Å². The van der Waals surface area contributed by atoms with Crippen LogP contribution in [0.15, 0.2) is 6.07 Å². The minimum absolute atomic E-state index is 0.0155. The molecule has 1 aromatic rings. The predicted octanol–water partition coefficient (Wildman–Crippen LogP) is 0.209. The van der Waals surface area contributed by atoms with E-state index < -0.39 is 5.97 Å². The lowest BCUT2D eigenvalue weighted by atomic mass is 10.3. The molecule has 2 unspecified atom stereocenters. The molecule has 20 heavy (non-hydrogen) atoms. The van der Waals surface area contributed by atoms with Gasteiger partial charge in [-0.25, -0.2) is 4.79 Å². The van der Waals surface area contributed by atoms with E-state index in [1.165, 1.54) is 6.07 Å². The highest BCUT2D eigenvalue weighted by molar-refractivity contribution is 5.92. The van der Waals surface area contributed by atoms with Crippen LogP contribution in [0.25, 0.3) is 0 Å². The van der Waals surface area contributed by atoms with Crippen molar-refractivity contribution in [1.82, 2.24) is 15.5 Å². The maximum absolute atomic E-state index is 11.6. The standard InChI is InChI=1S/C12H16N4O4/c1-6-4-7(6)11(18)13-3-2-10(17)14-9-5-8(12(19)20)15-16-9/h5-7H,2-4H2,1H3,(H,13,18)(H,19,20)(H2,14,15,16,17). The van der Waals surface area contributed by atoms with Crippen molar-refractivity contribution in [2.24, 2.45) is 11.8 Å². The van der Waals surface area contributed by atoms with E-state index in [9.17, 15) is 14.4 Å². The van der Waals surface area contributed by atoms with Gasteiger partial charge in [0.1, 0.15) is 5.69 Å². The zero-order valence-electron chi connectivity index (χ0n) is 11.0. The zero-order chi connectivity index (χ0) is 14.7. The van der Waals surface area contributed by atoms with E-state index in [0.29, 0.717) is 5.92 Å². The van der Waals surface area contributed by atoms with Gasteiger partial charge < -0.3 is 15.7 Å². The molecule has 1 aliphatic rings. The van der Waals surface area contributed by atoms with E-state index >= 15 is 0 Å². The molecule has 8 nitrogen and oxygen atoms in total. The number of aromatic amines is 1. The lowest BCUT2D eigenvalue weighted by molar-refractivity contribution is -0.122. The Morgan fingerprint density at radius 2 is 2.20 bits per heavy atom. The Bertz CT molecular complexity index is 539. The summed E-state index contributed by atoms with van der Waals surface area (Å²) in [4.78, 5) is 33.7. The van der Waals surface area contributed by atoms with Crippen molar-refractivity contribution >= 4 is 23.6 Å². The van der Waals surface area contributed by atoms with Crippen LogP contribution in [0.1, 0.15) is 30.3 Å². The van der Waals surface area contributed by atoms with Gasteiger partial charge in [0.25, 0.3) is 0 Å². The highest BCUT2D eigenvalue weighted by atomic mass is 16.4. The zero-order valence-corrected chi connectivity index (χ0v) is 11.0. The lowest BCUT2D eigenvalue weighted by Gasteiger charge is -2.04. The first-order valence-electron chi connectivity index (χ1n) is 6.33. The number of aromatic nitrogens is 2. The van der Waals surface area contributed by atoms with Crippen molar-refractivity contribution in [3.63, 3.8) is 0 Å². The maximum Gasteiger partial charge on any atom is 0.353 e. The summed E-state index contributed by atoms with van der Waals surface area (Å²) in [6, 6.07) is 1.23. The molecule has 1 fully saturated rings. The number of hydrogen-bond acceptors (Lipinski definition) is 4. The van der Waals surface area contributed by atoms with Crippen molar-refractivity contribution in [3.8, 4) is 0 Å². The fourth-order valence-electron chi connectivity index (χ4n) is 1.82. The summed E-state index contributed by atoms with van der Waals surface area (Å²) in [5.41, 5.74) is -0.101. The summed E-state index contributed by atoms with van der Waals surface area (Å²) >= 11 is 0. The molecule has 2 amide bonds. The smallest absolute Gasteiger partial charge is 0.353 e. The number of anilines is 1. The van der Waals surface area contributed by atoms with Gasteiger partial charge in [0, 0.05) is 24.9 Å². The Kier molecular flexibility index (Phi) is 4.02. The van der Waals surface area contributed by atoms with Gasteiger partial charge in [-0.05, 0) is 12.3 Å². The summed E-state index contributed by atoms with van der Waals surface area (Å²) in [6.45, 7) is 2.26. The molecule has 1 aromatic heterocycles. The molecule has 0 spiro atoms. The van der Waals surface area contributed by atoms with E-state index in [0.717, 1.165) is 6.42 Å². The number of carbonyl (C=O) groups excluding carboxylic acids is 2. The maximum atomic E-state index is 11.6. The highest BCUT2D eigenvalue weighted by Crippen LogP contribution is 2.37. The number of H-pyrrole nitrogens is 1. The molecule has 1 heterocycles. The number of amides is 2. The normalized spacial score (nSPS) is 20.2. The second kappa shape index (κ2) is 5.72. The van der Waals surface area contributed by atoms with Gasteiger partial charge in [-0.3, -0.25) is 14.7 Å². The number of hydrogen-bond donors (Lipinski definition) is 4. The lowest BCUT2D eigenvalue weighted by Crippen LogP contribution is -2.29. The second-order valence-corrected chi connectivity index (χ2v) is 4.88. The average Bonchev–Trinajstić information content (AvgIpc) is 2.92. The topological polar surface area (TPSA) is 124 Å². The summed E-state index contributed by atoms with van der Waals surface area (Å²) in [6.07, 6.45) is 1.02. The molecular formula is C12H16N4O4. The van der Waals surface area contributed by atoms with E-state index in [2.05, 4.69) is 20.8 Å². The minimum Gasteiger partial charge on any atom is -0.477 e. The Balaban J connectivity index is 1.69. The van der Waals surface area contributed by atoms with Crippen molar-refractivity contribution < 1.29 is 19.5 Å². The molecular weight excluding hydrogens is 264 g/mol. The largest absolute Gasteiger partial charge is 0.477 e. The summed E-state index contributed by atoms with van der Waals surface area (Å²) < 4.78 is 0. The summed E-state index contributed by atoms with van der Waals surface area (Å²) in [5.74, 6) is -0.834. The average molecular weight is 280 g/mol. The molecule has 108 valence electrons. The minimum atomic E-state index is -1.15. The van der Waals surface area contributed by atoms with Crippen molar-refractivity contribution in [2.45, 2.75) is 19.8 Å². The van der Waals surface area contributed by atoms with Crippen LogP contribution in [-0.2, 0) is 9.59 Å². The monoisotopic (exact) mass is 280 g/mol. The van der Waals surface area contributed by atoms with Gasteiger partial charge >= 0.3 is 5.97 Å². The Morgan fingerprint density at radius 3 is 2.75 bits per heavy atom. The molecule has 2 atom stereocenters. The first kappa shape index (κ1) is 14.0. The molecule has 0 saturated heterocycles. The third-order valence-corrected chi connectivity index (χ3v) is 3.17. The van der Waals surface area contributed by atoms with Crippen LogP contribution >= 0.6 is 0 Å². The number of carbonyl (C=O) groups is 3. The molecule has 8 heteroatoms. The molecule has 1 aliphatic carbocycles. The van der Waals surface area contributed by atoms with Crippen LogP contribution in [0.4, 0.5) is 5.82 Å². The summed E-state index contributed by atoms with van der Waals surface area (Å²) in [7, 11) is 0. The number of carboxylic acid groups (broad SMARTS) is 1. The Hall–Kier alpha value is -2.38. The quantitative estimate of drug-likeness (QED) is 0.593. The van der Waals surface area contributed by atoms with Gasteiger partial charge in [0.05, 0.1) is 0 Å². The number of rotatable bonds is 6. The molecule has 1 saturated carbocycles. The molecule has 0 bridgehead atoms. The fraction of sp³-hybridized carbons (Fsp3) is 0.500. The van der Waals surface area contributed by atoms with Crippen LogP contribution in [-0.4, -0.2) is 39.6 Å². The number of nitrogens with one attached hydrogen (secondary N) is 3. The van der Waals surface area contributed by atoms with Crippen LogP contribution < -0.4 is 10.6 Å². The van der Waals surface area contributed by atoms with Crippen LogP contribution in [0.3, 0.4) is 0 Å².